The van der Waals surface area contributed by atoms with E-state index < -0.39 is 0 Å². The second-order valence-electron chi connectivity index (χ2n) is 3.28. The number of aliphatic hydroxyl groups excluding tert-OH is 1. The van der Waals surface area contributed by atoms with Crippen LogP contribution in [0.5, 0.6) is 0 Å². The zero-order valence-corrected chi connectivity index (χ0v) is 9.21. The Morgan fingerprint density at radius 1 is 1.23 bits per heavy atom. The van der Waals surface area contributed by atoms with Gasteiger partial charge in [0.2, 0.25) is 0 Å². The molecule has 3 nitrogen and oxygen atoms in total. The third kappa shape index (κ3) is 6.99. The second-order valence-corrected chi connectivity index (χ2v) is 3.28. The fraction of sp³-hybridized carbons (Fsp3) is 1.00. The maximum absolute atomic E-state index is 9.63. The van der Waals surface area contributed by atoms with Crippen LogP contribution in [0.3, 0.4) is 0 Å². The van der Waals surface area contributed by atoms with Gasteiger partial charge in [-0.25, -0.2) is 0 Å². The van der Waals surface area contributed by atoms with E-state index in [1.807, 2.05) is 0 Å². The van der Waals surface area contributed by atoms with Gasteiger partial charge in [0.1, 0.15) is 0 Å². The first-order chi connectivity index (χ1) is 6.24. The molecule has 3 heteroatoms. The molecule has 0 aliphatic carbocycles. The zero-order chi connectivity index (χ0) is 10.1. The van der Waals surface area contributed by atoms with Crippen LogP contribution in [0.1, 0.15) is 27.2 Å². The van der Waals surface area contributed by atoms with Crippen molar-refractivity contribution in [2.75, 3.05) is 32.7 Å². The van der Waals surface area contributed by atoms with Gasteiger partial charge in [-0.05, 0) is 32.6 Å². The molecule has 0 aliphatic heterocycles. The van der Waals surface area contributed by atoms with Crippen molar-refractivity contribution in [3.8, 4) is 0 Å². The van der Waals surface area contributed by atoms with Crippen LogP contribution in [0.25, 0.3) is 0 Å². The van der Waals surface area contributed by atoms with Crippen LogP contribution in [-0.2, 0) is 0 Å². The summed E-state index contributed by atoms with van der Waals surface area (Å²) in [4.78, 5) is 2.25. The Bertz CT molecular complexity index is 105. The molecule has 0 bridgehead atoms. The van der Waals surface area contributed by atoms with E-state index in [9.17, 15) is 5.11 Å². The molecule has 0 aromatic heterocycles. The summed E-state index contributed by atoms with van der Waals surface area (Å²) in [6.45, 7) is 11.1. The molecule has 0 saturated carbocycles. The van der Waals surface area contributed by atoms with Crippen molar-refractivity contribution in [1.82, 2.24) is 10.2 Å². The summed E-state index contributed by atoms with van der Waals surface area (Å²) in [5, 5.41) is 12.8. The molecule has 0 saturated heterocycles. The second kappa shape index (κ2) is 8.48. The third-order valence-electron chi connectivity index (χ3n) is 2.27. The Balaban J connectivity index is 3.42. The number of nitrogens with zero attached hydrogens (tertiary/aromatic N) is 1. The number of aliphatic hydroxyl groups is 1. The summed E-state index contributed by atoms with van der Waals surface area (Å²) in [6.07, 6.45) is 0.670. The van der Waals surface area contributed by atoms with E-state index in [2.05, 4.69) is 31.0 Å². The van der Waals surface area contributed by atoms with Gasteiger partial charge in [-0.2, -0.15) is 0 Å². The molecule has 2 N–H and O–H groups in total. The monoisotopic (exact) mass is 188 g/mol. The van der Waals surface area contributed by atoms with Gasteiger partial charge in [0.05, 0.1) is 6.10 Å². The first-order valence-electron chi connectivity index (χ1n) is 5.35. The molecule has 0 radical (unpaired) electrons. The predicted octanol–water partition coefficient (Wildman–Crippen LogP) is 0.689. The zero-order valence-electron chi connectivity index (χ0n) is 9.21. The topological polar surface area (TPSA) is 35.5 Å². The Labute approximate surface area is 82.1 Å². The molecule has 0 aromatic rings. The van der Waals surface area contributed by atoms with Gasteiger partial charge in [0, 0.05) is 6.54 Å². The number of hydrogen-bond donors (Lipinski definition) is 2. The highest BCUT2D eigenvalue weighted by atomic mass is 16.3. The Morgan fingerprint density at radius 3 is 2.31 bits per heavy atom. The molecule has 80 valence electrons. The quantitative estimate of drug-likeness (QED) is 0.550. The van der Waals surface area contributed by atoms with Crippen LogP contribution < -0.4 is 5.32 Å². The molecule has 1 unspecified atom stereocenters. The molecule has 13 heavy (non-hydrogen) atoms. The summed E-state index contributed by atoms with van der Waals surface area (Å²) < 4.78 is 0. The van der Waals surface area contributed by atoms with E-state index in [1.54, 1.807) is 0 Å². The van der Waals surface area contributed by atoms with Gasteiger partial charge >= 0.3 is 0 Å². The molecule has 0 rings (SSSR count). The summed E-state index contributed by atoms with van der Waals surface area (Å²) in [5.41, 5.74) is 0. The van der Waals surface area contributed by atoms with Crippen molar-refractivity contribution in [3.05, 3.63) is 0 Å². The Hall–Kier alpha value is -0.120. The van der Waals surface area contributed by atoms with E-state index in [0.29, 0.717) is 0 Å². The molecule has 0 aromatic carbocycles. The fourth-order valence-electron chi connectivity index (χ4n) is 1.32. The van der Waals surface area contributed by atoms with E-state index in [0.717, 1.165) is 39.1 Å². The minimum atomic E-state index is -0.182. The molecule has 0 aliphatic rings. The van der Waals surface area contributed by atoms with E-state index in [-0.39, 0.29) is 6.10 Å². The highest BCUT2D eigenvalue weighted by Gasteiger charge is 2.07. The van der Waals surface area contributed by atoms with E-state index >= 15 is 0 Å². The van der Waals surface area contributed by atoms with E-state index in [4.69, 9.17) is 0 Å². The van der Waals surface area contributed by atoms with Crippen LogP contribution in [-0.4, -0.2) is 48.8 Å². The van der Waals surface area contributed by atoms with Gasteiger partial charge in [-0.3, -0.25) is 0 Å². The normalized spacial score (nSPS) is 13.6. The minimum absolute atomic E-state index is 0.182. The van der Waals surface area contributed by atoms with Crippen LogP contribution >= 0.6 is 0 Å². The molecule has 0 heterocycles. The summed E-state index contributed by atoms with van der Waals surface area (Å²) in [7, 11) is 0. The summed E-state index contributed by atoms with van der Waals surface area (Å²) in [5.74, 6) is 0. The van der Waals surface area contributed by atoms with Crippen molar-refractivity contribution in [3.63, 3.8) is 0 Å². The van der Waals surface area contributed by atoms with Crippen LogP contribution in [0.2, 0.25) is 0 Å². The van der Waals surface area contributed by atoms with Crippen molar-refractivity contribution >= 4 is 0 Å². The van der Waals surface area contributed by atoms with Crippen molar-refractivity contribution in [2.24, 2.45) is 0 Å². The number of rotatable bonds is 8. The summed E-state index contributed by atoms with van der Waals surface area (Å²) >= 11 is 0. The maximum atomic E-state index is 9.63. The van der Waals surface area contributed by atoms with Crippen LogP contribution in [0.15, 0.2) is 0 Å². The fourth-order valence-corrected chi connectivity index (χ4v) is 1.32. The molecule has 0 amide bonds. The molecule has 1 atom stereocenters. The van der Waals surface area contributed by atoms with Gasteiger partial charge in [0.15, 0.2) is 0 Å². The highest BCUT2D eigenvalue weighted by Crippen LogP contribution is 1.95. The lowest BCUT2D eigenvalue weighted by Crippen LogP contribution is -2.33. The molecular weight excluding hydrogens is 164 g/mol. The lowest BCUT2D eigenvalue weighted by Gasteiger charge is -2.21. The van der Waals surface area contributed by atoms with Crippen LogP contribution in [0, 0.1) is 0 Å². The van der Waals surface area contributed by atoms with Gasteiger partial charge in [-0.15, -0.1) is 0 Å². The number of hydrogen-bond acceptors (Lipinski definition) is 3. The Morgan fingerprint density at radius 2 is 1.85 bits per heavy atom. The molecule has 0 fully saturated rings. The Kier molecular flexibility index (Phi) is 8.40. The molecular formula is C10H24N2O. The summed E-state index contributed by atoms with van der Waals surface area (Å²) in [6, 6.07) is 0. The van der Waals surface area contributed by atoms with E-state index in [1.165, 1.54) is 0 Å². The first-order valence-corrected chi connectivity index (χ1v) is 5.35. The SMILES string of the molecule is CCNCCC(O)CN(CC)CC. The lowest BCUT2D eigenvalue weighted by atomic mass is 10.2. The van der Waals surface area contributed by atoms with Crippen molar-refractivity contribution < 1.29 is 5.11 Å². The van der Waals surface area contributed by atoms with Crippen LogP contribution in [0.4, 0.5) is 0 Å². The average Bonchev–Trinajstić information content (AvgIpc) is 2.14. The standard InChI is InChI=1S/C10H24N2O/c1-4-11-8-7-10(13)9-12(5-2)6-3/h10-11,13H,4-9H2,1-3H3. The smallest absolute Gasteiger partial charge is 0.0679 e. The first kappa shape index (κ1) is 12.9. The van der Waals surface area contributed by atoms with Gasteiger partial charge in [-0.1, -0.05) is 20.8 Å². The maximum Gasteiger partial charge on any atom is 0.0679 e. The van der Waals surface area contributed by atoms with Crippen molar-refractivity contribution in [2.45, 2.75) is 33.3 Å². The third-order valence-corrected chi connectivity index (χ3v) is 2.27. The van der Waals surface area contributed by atoms with Crippen molar-refractivity contribution in [1.29, 1.82) is 0 Å². The lowest BCUT2D eigenvalue weighted by molar-refractivity contribution is 0.111. The predicted molar refractivity (Wildman–Crippen MR) is 57.0 cm³/mol. The number of nitrogens with one attached hydrogen (secondary N) is 1. The average molecular weight is 188 g/mol. The highest BCUT2D eigenvalue weighted by molar-refractivity contribution is 4.63. The molecule has 0 spiro atoms. The number of likely N-dealkylation sites (N-methyl/N-ethyl adjacent to an activating group) is 1. The largest absolute Gasteiger partial charge is 0.392 e. The minimum Gasteiger partial charge on any atom is -0.392 e. The van der Waals surface area contributed by atoms with Gasteiger partial charge < -0.3 is 15.3 Å². The van der Waals surface area contributed by atoms with Gasteiger partial charge in [0.25, 0.3) is 0 Å².